The second-order valence-electron chi connectivity index (χ2n) is 5.90. The summed E-state index contributed by atoms with van der Waals surface area (Å²) >= 11 is 0. The molecular formula is C15H18O3. The van der Waals surface area contributed by atoms with Gasteiger partial charge in [-0.15, -0.1) is 0 Å². The summed E-state index contributed by atoms with van der Waals surface area (Å²) in [7, 11) is 0. The number of allylic oxidation sites excluding steroid dienone is 1. The monoisotopic (exact) mass is 246 g/mol. The fraction of sp³-hybridized carbons (Fsp3) is 0.600. The fourth-order valence-corrected chi connectivity index (χ4v) is 3.89. The normalized spacial score (nSPS) is 43.1. The molecule has 3 rings (SSSR count). The van der Waals surface area contributed by atoms with Gasteiger partial charge in [-0.05, 0) is 31.8 Å². The summed E-state index contributed by atoms with van der Waals surface area (Å²) in [4.78, 5) is 23.8. The average molecular weight is 246 g/mol. The van der Waals surface area contributed by atoms with Crippen LogP contribution in [0.25, 0.3) is 0 Å². The van der Waals surface area contributed by atoms with Crippen LogP contribution in [0.2, 0.25) is 0 Å². The maximum atomic E-state index is 12.1. The molecule has 0 aromatic rings. The zero-order valence-corrected chi connectivity index (χ0v) is 10.8. The van der Waals surface area contributed by atoms with Crippen LogP contribution in [-0.2, 0) is 14.3 Å². The van der Waals surface area contributed by atoms with E-state index in [0.717, 1.165) is 18.4 Å². The van der Waals surface area contributed by atoms with Crippen LogP contribution in [0.4, 0.5) is 0 Å². The minimum atomic E-state index is -0.273. The minimum Gasteiger partial charge on any atom is -0.458 e. The Hall–Kier alpha value is -1.38. The Morgan fingerprint density at radius 3 is 2.72 bits per heavy atom. The number of carbonyl (C=O) groups excluding carboxylic acids is 2. The van der Waals surface area contributed by atoms with Gasteiger partial charge in [0.25, 0.3) is 0 Å². The van der Waals surface area contributed by atoms with E-state index in [4.69, 9.17) is 4.74 Å². The highest BCUT2D eigenvalue weighted by atomic mass is 16.6. The minimum absolute atomic E-state index is 0.00120. The molecule has 3 heteroatoms. The van der Waals surface area contributed by atoms with Gasteiger partial charge in [0.05, 0.1) is 0 Å². The summed E-state index contributed by atoms with van der Waals surface area (Å²) in [5.41, 5.74) is 1.66. The van der Waals surface area contributed by atoms with Gasteiger partial charge in [0.1, 0.15) is 6.10 Å². The molecule has 2 fully saturated rings. The first-order chi connectivity index (χ1) is 8.50. The van der Waals surface area contributed by atoms with E-state index in [1.165, 1.54) is 0 Å². The molecule has 0 radical (unpaired) electrons. The summed E-state index contributed by atoms with van der Waals surface area (Å²) in [5, 5.41) is 0. The zero-order chi connectivity index (χ0) is 13.0. The van der Waals surface area contributed by atoms with Gasteiger partial charge in [-0.3, -0.25) is 4.79 Å². The summed E-state index contributed by atoms with van der Waals surface area (Å²) in [6.07, 6.45) is 3.44. The third-order valence-electron chi connectivity index (χ3n) is 4.86. The van der Waals surface area contributed by atoms with Gasteiger partial charge >= 0.3 is 5.97 Å². The summed E-state index contributed by atoms with van der Waals surface area (Å²) < 4.78 is 5.51. The molecule has 3 aliphatic rings. The molecule has 1 heterocycles. The molecule has 0 aromatic carbocycles. The molecule has 96 valence electrons. The smallest absolute Gasteiger partial charge is 0.334 e. The molecule has 3 nitrogen and oxygen atoms in total. The molecule has 0 unspecified atom stereocenters. The lowest BCUT2D eigenvalue weighted by Crippen LogP contribution is -2.33. The molecule has 1 saturated heterocycles. The second-order valence-corrected chi connectivity index (χ2v) is 5.90. The van der Waals surface area contributed by atoms with Crippen molar-refractivity contribution in [3.8, 4) is 0 Å². The number of hydrogen-bond acceptors (Lipinski definition) is 3. The maximum absolute atomic E-state index is 12.1. The number of ketones is 1. The van der Waals surface area contributed by atoms with Crippen molar-refractivity contribution in [1.29, 1.82) is 0 Å². The highest BCUT2D eigenvalue weighted by Crippen LogP contribution is 2.49. The molecule has 0 N–H and O–H groups in total. The molecule has 1 saturated carbocycles. The quantitative estimate of drug-likeness (QED) is 0.486. The summed E-state index contributed by atoms with van der Waals surface area (Å²) in [5.74, 6) is 0.462. The number of rotatable bonds is 0. The first kappa shape index (κ1) is 11.7. The van der Waals surface area contributed by atoms with Crippen LogP contribution in [0.1, 0.15) is 26.7 Å². The Morgan fingerprint density at radius 1 is 1.28 bits per heavy atom. The van der Waals surface area contributed by atoms with E-state index in [2.05, 4.69) is 13.5 Å². The number of carbonyl (C=O) groups is 2. The predicted octanol–water partition coefficient (Wildman–Crippen LogP) is 2.28. The van der Waals surface area contributed by atoms with Crippen LogP contribution in [0.3, 0.4) is 0 Å². The van der Waals surface area contributed by atoms with Gasteiger partial charge in [0.15, 0.2) is 5.78 Å². The van der Waals surface area contributed by atoms with E-state index in [-0.39, 0.29) is 35.6 Å². The molecule has 18 heavy (non-hydrogen) atoms. The van der Waals surface area contributed by atoms with Crippen LogP contribution >= 0.6 is 0 Å². The van der Waals surface area contributed by atoms with Crippen LogP contribution in [-0.4, -0.2) is 17.9 Å². The average Bonchev–Trinajstić information content (AvgIpc) is 2.68. The first-order valence-corrected chi connectivity index (χ1v) is 6.62. The number of fused-ring (bicyclic) bond motifs is 3. The number of hydrogen-bond donors (Lipinski definition) is 0. The third-order valence-corrected chi connectivity index (χ3v) is 4.86. The Kier molecular flexibility index (Phi) is 2.47. The Morgan fingerprint density at radius 2 is 2.00 bits per heavy atom. The Labute approximate surface area is 107 Å². The fourth-order valence-electron chi connectivity index (χ4n) is 3.89. The van der Waals surface area contributed by atoms with Crippen molar-refractivity contribution >= 4 is 11.8 Å². The highest BCUT2D eigenvalue weighted by Gasteiger charge is 2.52. The lowest BCUT2D eigenvalue weighted by molar-refractivity contribution is -0.142. The summed E-state index contributed by atoms with van der Waals surface area (Å²) in [6, 6.07) is 0. The topological polar surface area (TPSA) is 43.4 Å². The predicted molar refractivity (Wildman–Crippen MR) is 66.7 cm³/mol. The number of esters is 1. The Bertz CT molecular complexity index is 474. The van der Waals surface area contributed by atoms with Crippen molar-refractivity contribution in [2.24, 2.45) is 23.7 Å². The van der Waals surface area contributed by atoms with E-state index in [9.17, 15) is 9.59 Å². The molecule has 0 bridgehead atoms. The van der Waals surface area contributed by atoms with Crippen LogP contribution < -0.4 is 0 Å². The van der Waals surface area contributed by atoms with Gasteiger partial charge in [0.2, 0.25) is 0 Å². The molecule has 0 amide bonds. The van der Waals surface area contributed by atoms with Gasteiger partial charge in [-0.25, -0.2) is 4.79 Å². The summed E-state index contributed by atoms with van der Waals surface area (Å²) in [6.45, 7) is 7.98. The van der Waals surface area contributed by atoms with Crippen molar-refractivity contribution in [2.75, 3.05) is 0 Å². The van der Waals surface area contributed by atoms with Crippen molar-refractivity contribution < 1.29 is 14.3 Å². The maximum Gasteiger partial charge on any atom is 0.334 e. The lowest BCUT2D eigenvalue weighted by atomic mass is 9.78. The standard InChI is InChI=1S/C15H18O3/c1-7-4-5-10-9(3)15(17)18-14(10)13-8(2)6-11(16)12(7)13/h6-7,10,12-14H,3-5H2,1-2H3/t7-,10+,12+,13-,14-/m0/s1. The molecule has 2 aliphatic carbocycles. The molecule has 5 atom stereocenters. The van der Waals surface area contributed by atoms with Crippen molar-refractivity contribution in [1.82, 2.24) is 0 Å². The van der Waals surface area contributed by atoms with Crippen molar-refractivity contribution in [3.63, 3.8) is 0 Å². The van der Waals surface area contributed by atoms with Crippen LogP contribution in [0, 0.1) is 23.7 Å². The van der Waals surface area contributed by atoms with Crippen LogP contribution in [0.5, 0.6) is 0 Å². The van der Waals surface area contributed by atoms with E-state index in [1.807, 2.05) is 6.92 Å². The zero-order valence-electron chi connectivity index (χ0n) is 10.8. The lowest BCUT2D eigenvalue weighted by Gasteiger charge is -2.27. The Balaban J connectivity index is 2.02. The van der Waals surface area contributed by atoms with E-state index >= 15 is 0 Å². The first-order valence-electron chi connectivity index (χ1n) is 6.62. The van der Waals surface area contributed by atoms with Crippen molar-refractivity contribution in [2.45, 2.75) is 32.8 Å². The molecule has 0 aromatic heterocycles. The van der Waals surface area contributed by atoms with Crippen LogP contribution in [0.15, 0.2) is 23.8 Å². The number of ether oxygens (including phenoxy) is 1. The largest absolute Gasteiger partial charge is 0.458 e. The molecule has 1 aliphatic heterocycles. The highest BCUT2D eigenvalue weighted by molar-refractivity contribution is 5.97. The van der Waals surface area contributed by atoms with E-state index < -0.39 is 0 Å². The molecule has 0 spiro atoms. The second kappa shape index (κ2) is 3.81. The van der Waals surface area contributed by atoms with Gasteiger partial charge in [-0.2, -0.15) is 0 Å². The van der Waals surface area contributed by atoms with Gasteiger partial charge < -0.3 is 4.74 Å². The molecular weight excluding hydrogens is 228 g/mol. The van der Waals surface area contributed by atoms with E-state index in [0.29, 0.717) is 11.5 Å². The third kappa shape index (κ3) is 1.43. The van der Waals surface area contributed by atoms with Gasteiger partial charge in [-0.1, -0.05) is 19.1 Å². The van der Waals surface area contributed by atoms with Gasteiger partial charge in [0, 0.05) is 23.3 Å². The SMILES string of the molecule is C=C1C(=O)O[C@@H]2[C@H]3C(C)=CC(=O)[C@H]3[C@@H](C)CC[C@H]12. The van der Waals surface area contributed by atoms with Crippen molar-refractivity contribution in [3.05, 3.63) is 23.8 Å². The van der Waals surface area contributed by atoms with E-state index in [1.54, 1.807) is 6.08 Å².